The van der Waals surface area contributed by atoms with E-state index in [1.165, 1.54) is 0 Å². The maximum Gasteiger partial charge on any atom is 0.329 e. The molecule has 5 heteroatoms. The van der Waals surface area contributed by atoms with Crippen LogP contribution in [-0.2, 0) is 14.3 Å². The van der Waals surface area contributed by atoms with Crippen LogP contribution in [0, 0.1) is 5.92 Å². The highest BCUT2D eigenvalue weighted by Gasteiger charge is 2.51. The molecule has 0 aliphatic carbocycles. The third-order valence-corrected chi connectivity index (χ3v) is 4.37. The van der Waals surface area contributed by atoms with Gasteiger partial charge < -0.3 is 14.7 Å². The van der Waals surface area contributed by atoms with Crippen LogP contribution in [0.3, 0.4) is 0 Å². The van der Waals surface area contributed by atoms with E-state index in [9.17, 15) is 14.7 Å². The first-order valence-electron chi connectivity index (χ1n) is 6.69. The van der Waals surface area contributed by atoms with Gasteiger partial charge in [-0.3, -0.25) is 4.79 Å². The molecule has 0 saturated carbocycles. The lowest BCUT2D eigenvalue weighted by atomic mass is 9.92. The van der Waals surface area contributed by atoms with Gasteiger partial charge in [0.05, 0.1) is 0 Å². The van der Waals surface area contributed by atoms with Gasteiger partial charge in [-0.25, -0.2) is 4.79 Å². The summed E-state index contributed by atoms with van der Waals surface area (Å²) in [5.41, 5.74) is -1.01. The molecule has 2 heterocycles. The number of rotatable bonds is 3. The summed E-state index contributed by atoms with van der Waals surface area (Å²) >= 11 is 0. The molecule has 0 spiro atoms. The highest BCUT2D eigenvalue weighted by Crippen LogP contribution is 2.35. The van der Waals surface area contributed by atoms with E-state index in [1.807, 2.05) is 13.8 Å². The highest BCUT2D eigenvalue weighted by atomic mass is 16.5. The van der Waals surface area contributed by atoms with Crippen LogP contribution in [0.2, 0.25) is 0 Å². The third-order valence-electron chi connectivity index (χ3n) is 4.37. The van der Waals surface area contributed by atoms with Gasteiger partial charge in [-0.05, 0) is 31.6 Å². The summed E-state index contributed by atoms with van der Waals surface area (Å²) in [5, 5.41) is 9.46. The highest BCUT2D eigenvalue weighted by molar-refractivity contribution is 5.90. The van der Waals surface area contributed by atoms with Crippen molar-refractivity contribution in [3.05, 3.63) is 0 Å². The number of aliphatic carboxylic acids is 1. The Morgan fingerprint density at radius 3 is 2.72 bits per heavy atom. The molecule has 2 saturated heterocycles. The molecule has 0 aromatic carbocycles. The zero-order valence-corrected chi connectivity index (χ0v) is 11.0. The maximum absolute atomic E-state index is 12.5. The molecule has 18 heavy (non-hydrogen) atoms. The summed E-state index contributed by atoms with van der Waals surface area (Å²) < 4.78 is 5.47. The van der Waals surface area contributed by atoms with Crippen LogP contribution in [0.4, 0.5) is 0 Å². The summed E-state index contributed by atoms with van der Waals surface area (Å²) in [4.78, 5) is 25.5. The van der Waals surface area contributed by atoms with Gasteiger partial charge in [0, 0.05) is 13.2 Å². The number of carbonyl (C=O) groups excluding carboxylic acids is 1. The minimum absolute atomic E-state index is 0.137. The van der Waals surface area contributed by atoms with Gasteiger partial charge in [-0.15, -0.1) is 0 Å². The average Bonchev–Trinajstić information content (AvgIpc) is 2.94. The molecule has 3 unspecified atom stereocenters. The van der Waals surface area contributed by atoms with Crippen LogP contribution in [0.1, 0.15) is 39.5 Å². The van der Waals surface area contributed by atoms with Crippen molar-refractivity contribution >= 4 is 11.9 Å². The molecule has 0 bridgehead atoms. The van der Waals surface area contributed by atoms with Crippen LogP contribution in [0.25, 0.3) is 0 Å². The van der Waals surface area contributed by atoms with Gasteiger partial charge in [0.1, 0.15) is 11.6 Å². The molecule has 0 radical (unpaired) electrons. The van der Waals surface area contributed by atoms with Crippen molar-refractivity contribution in [2.24, 2.45) is 5.92 Å². The quantitative estimate of drug-likeness (QED) is 0.824. The van der Waals surface area contributed by atoms with Gasteiger partial charge in [0.2, 0.25) is 0 Å². The second-order valence-corrected chi connectivity index (χ2v) is 5.34. The Morgan fingerprint density at radius 2 is 2.22 bits per heavy atom. The second kappa shape index (κ2) is 4.88. The molecule has 0 aromatic rings. The van der Waals surface area contributed by atoms with Crippen LogP contribution >= 0.6 is 0 Å². The zero-order chi connectivity index (χ0) is 13.3. The Labute approximate surface area is 107 Å². The number of nitrogens with zero attached hydrogens (tertiary/aromatic N) is 1. The molecule has 102 valence electrons. The van der Waals surface area contributed by atoms with E-state index in [0.717, 1.165) is 12.8 Å². The second-order valence-electron chi connectivity index (χ2n) is 5.34. The molecule has 2 aliphatic heterocycles. The lowest BCUT2D eigenvalue weighted by molar-refractivity contribution is -0.161. The lowest BCUT2D eigenvalue weighted by Crippen LogP contribution is -2.55. The average molecular weight is 255 g/mol. The molecule has 1 amide bonds. The number of carboxylic acids is 1. The summed E-state index contributed by atoms with van der Waals surface area (Å²) in [6, 6.07) is 0. The van der Waals surface area contributed by atoms with E-state index in [0.29, 0.717) is 26.0 Å². The SMILES string of the molecule is CCC1(C(=O)O)CCCN1C(=O)C1OCCC1C. The first-order chi connectivity index (χ1) is 8.53. The summed E-state index contributed by atoms with van der Waals surface area (Å²) in [7, 11) is 0. The van der Waals surface area contributed by atoms with Crippen molar-refractivity contribution in [3.8, 4) is 0 Å². The first-order valence-corrected chi connectivity index (χ1v) is 6.69. The summed E-state index contributed by atoms with van der Waals surface area (Å²) in [6.45, 7) is 4.95. The lowest BCUT2D eigenvalue weighted by Gasteiger charge is -2.35. The largest absolute Gasteiger partial charge is 0.479 e. The molecular formula is C13H21NO4. The molecular weight excluding hydrogens is 234 g/mol. The monoisotopic (exact) mass is 255 g/mol. The van der Waals surface area contributed by atoms with E-state index in [2.05, 4.69) is 0 Å². The van der Waals surface area contributed by atoms with E-state index in [-0.39, 0.29) is 11.8 Å². The van der Waals surface area contributed by atoms with E-state index in [1.54, 1.807) is 4.90 Å². The molecule has 2 aliphatic rings. The van der Waals surface area contributed by atoms with Crippen molar-refractivity contribution in [3.63, 3.8) is 0 Å². The zero-order valence-electron chi connectivity index (χ0n) is 11.0. The number of ether oxygens (including phenoxy) is 1. The number of carbonyl (C=O) groups is 2. The van der Waals surface area contributed by atoms with Crippen molar-refractivity contribution in [1.82, 2.24) is 4.90 Å². The predicted octanol–water partition coefficient (Wildman–Crippen LogP) is 1.27. The minimum atomic E-state index is -1.01. The van der Waals surface area contributed by atoms with E-state index in [4.69, 9.17) is 4.74 Å². The predicted molar refractivity (Wildman–Crippen MR) is 65.1 cm³/mol. The number of hydrogen-bond donors (Lipinski definition) is 1. The normalized spacial score (nSPS) is 36.0. The molecule has 2 fully saturated rings. The van der Waals surface area contributed by atoms with Gasteiger partial charge >= 0.3 is 5.97 Å². The molecule has 0 aromatic heterocycles. The number of likely N-dealkylation sites (tertiary alicyclic amines) is 1. The Morgan fingerprint density at radius 1 is 1.50 bits per heavy atom. The van der Waals surface area contributed by atoms with E-state index >= 15 is 0 Å². The smallest absolute Gasteiger partial charge is 0.329 e. The summed E-state index contributed by atoms with van der Waals surface area (Å²) in [5.74, 6) is -0.843. The molecule has 2 rings (SSSR count). The Hall–Kier alpha value is -1.10. The van der Waals surface area contributed by atoms with Gasteiger partial charge in [-0.2, -0.15) is 0 Å². The first kappa shape index (κ1) is 13.3. The number of amides is 1. The van der Waals surface area contributed by atoms with Crippen LogP contribution < -0.4 is 0 Å². The Balaban J connectivity index is 2.21. The maximum atomic E-state index is 12.5. The van der Waals surface area contributed by atoms with Crippen LogP contribution in [0.5, 0.6) is 0 Å². The molecule has 3 atom stereocenters. The molecule has 1 N–H and O–H groups in total. The van der Waals surface area contributed by atoms with Crippen molar-refractivity contribution in [2.75, 3.05) is 13.2 Å². The Kier molecular flexibility index (Phi) is 3.61. The van der Waals surface area contributed by atoms with Crippen LogP contribution in [-0.4, -0.2) is 46.7 Å². The standard InChI is InChI=1S/C13H21NO4/c1-3-13(12(16)17)6-4-7-14(13)11(15)10-9(2)5-8-18-10/h9-10H,3-8H2,1-2H3,(H,16,17). The number of carboxylic acid groups (broad SMARTS) is 1. The fourth-order valence-corrected chi connectivity index (χ4v) is 3.11. The fraction of sp³-hybridized carbons (Fsp3) is 0.846. The van der Waals surface area contributed by atoms with Gasteiger partial charge in [0.15, 0.2) is 0 Å². The van der Waals surface area contributed by atoms with Crippen LogP contribution in [0.15, 0.2) is 0 Å². The van der Waals surface area contributed by atoms with Crippen molar-refractivity contribution < 1.29 is 19.4 Å². The van der Waals surface area contributed by atoms with Gasteiger partial charge in [0.25, 0.3) is 5.91 Å². The summed E-state index contributed by atoms with van der Waals surface area (Å²) in [6.07, 6.45) is 2.18. The van der Waals surface area contributed by atoms with E-state index < -0.39 is 17.6 Å². The Bertz CT molecular complexity index is 357. The minimum Gasteiger partial charge on any atom is -0.479 e. The number of hydrogen-bond acceptors (Lipinski definition) is 3. The fourth-order valence-electron chi connectivity index (χ4n) is 3.11. The van der Waals surface area contributed by atoms with Gasteiger partial charge in [-0.1, -0.05) is 13.8 Å². The van der Waals surface area contributed by atoms with Crippen molar-refractivity contribution in [1.29, 1.82) is 0 Å². The molecule has 5 nitrogen and oxygen atoms in total. The topological polar surface area (TPSA) is 66.8 Å². The third kappa shape index (κ3) is 1.90. The van der Waals surface area contributed by atoms with Crippen molar-refractivity contribution in [2.45, 2.75) is 51.2 Å².